The maximum absolute atomic E-state index is 6.17. The van der Waals surface area contributed by atoms with Gasteiger partial charge < -0.3 is 13.9 Å². The Labute approximate surface area is 158 Å². The summed E-state index contributed by atoms with van der Waals surface area (Å²) >= 11 is 13.7. The first-order chi connectivity index (χ1) is 12.2. The number of nitrogens with zero attached hydrogens (tertiary/aromatic N) is 2. The van der Waals surface area contributed by atoms with E-state index in [2.05, 4.69) is 10.2 Å². The Balaban J connectivity index is 1.44. The summed E-state index contributed by atoms with van der Waals surface area (Å²) < 4.78 is 17.2. The van der Waals surface area contributed by atoms with Crippen LogP contribution in [-0.2, 0) is 5.75 Å². The maximum Gasteiger partial charge on any atom is 0.277 e. The van der Waals surface area contributed by atoms with Crippen molar-refractivity contribution in [2.45, 2.75) is 17.1 Å². The number of thioether (sulfide) groups is 1. The van der Waals surface area contributed by atoms with Crippen LogP contribution < -0.4 is 9.47 Å². The van der Waals surface area contributed by atoms with E-state index in [1.807, 2.05) is 30.3 Å². The minimum atomic E-state index is -0.430. The van der Waals surface area contributed by atoms with E-state index in [0.717, 1.165) is 5.56 Å². The second-order valence-corrected chi connectivity index (χ2v) is 7.00. The van der Waals surface area contributed by atoms with Gasteiger partial charge in [0, 0.05) is 15.8 Å². The zero-order chi connectivity index (χ0) is 17.2. The van der Waals surface area contributed by atoms with Gasteiger partial charge in [0.2, 0.25) is 6.10 Å². The SMILES string of the molecule is Clc1cccc(Cl)c1CSc1nnc([C@@H]2COc3ccccc3O2)o1. The van der Waals surface area contributed by atoms with Crippen molar-refractivity contribution in [3.05, 3.63) is 64.0 Å². The molecule has 0 aliphatic carbocycles. The number of benzene rings is 2. The van der Waals surface area contributed by atoms with Crippen LogP contribution in [0, 0.1) is 0 Å². The molecule has 0 N–H and O–H groups in total. The normalized spacial score (nSPS) is 16.0. The van der Waals surface area contributed by atoms with Crippen LogP contribution in [-0.4, -0.2) is 16.8 Å². The van der Waals surface area contributed by atoms with Crippen LogP contribution in [0.3, 0.4) is 0 Å². The molecule has 0 saturated carbocycles. The highest BCUT2D eigenvalue weighted by Crippen LogP contribution is 2.36. The fraction of sp³-hybridized carbons (Fsp3) is 0.176. The maximum atomic E-state index is 6.17. The summed E-state index contributed by atoms with van der Waals surface area (Å²) in [6.07, 6.45) is -0.430. The summed E-state index contributed by atoms with van der Waals surface area (Å²) in [5.74, 6) is 2.28. The first-order valence-corrected chi connectivity index (χ1v) is 9.22. The summed E-state index contributed by atoms with van der Waals surface area (Å²) in [5, 5.41) is 9.76. The summed E-state index contributed by atoms with van der Waals surface area (Å²) in [6, 6.07) is 12.9. The molecular formula is C17H12Cl2N2O3S. The Kier molecular flexibility index (Phi) is 4.74. The van der Waals surface area contributed by atoms with Crippen molar-refractivity contribution in [3.8, 4) is 11.5 Å². The zero-order valence-corrected chi connectivity index (χ0v) is 15.1. The molecule has 0 amide bonds. The average molecular weight is 395 g/mol. The Morgan fingerprint density at radius 2 is 1.76 bits per heavy atom. The fourth-order valence-electron chi connectivity index (χ4n) is 2.35. The molecule has 0 spiro atoms. The molecule has 1 aromatic heterocycles. The van der Waals surface area contributed by atoms with Gasteiger partial charge in [0.25, 0.3) is 11.1 Å². The van der Waals surface area contributed by atoms with Crippen LogP contribution in [0.2, 0.25) is 10.0 Å². The van der Waals surface area contributed by atoms with Crippen molar-refractivity contribution in [2.24, 2.45) is 0 Å². The third-order valence-corrected chi connectivity index (χ3v) is 5.16. The van der Waals surface area contributed by atoms with Gasteiger partial charge in [-0.1, -0.05) is 53.2 Å². The van der Waals surface area contributed by atoms with E-state index in [4.69, 9.17) is 37.1 Å². The Morgan fingerprint density at radius 3 is 2.56 bits per heavy atom. The van der Waals surface area contributed by atoms with Crippen molar-refractivity contribution in [3.63, 3.8) is 0 Å². The minimum absolute atomic E-state index is 0.319. The van der Waals surface area contributed by atoms with Gasteiger partial charge in [-0.15, -0.1) is 10.2 Å². The van der Waals surface area contributed by atoms with Crippen molar-refractivity contribution in [2.75, 3.05) is 6.61 Å². The van der Waals surface area contributed by atoms with Crippen LogP contribution in [0.5, 0.6) is 11.5 Å². The van der Waals surface area contributed by atoms with Gasteiger partial charge in [0.1, 0.15) is 6.61 Å². The van der Waals surface area contributed by atoms with Crippen molar-refractivity contribution < 1.29 is 13.9 Å². The number of fused-ring (bicyclic) bond motifs is 1. The van der Waals surface area contributed by atoms with E-state index in [-0.39, 0.29) is 0 Å². The molecule has 2 aromatic carbocycles. The molecule has 1 atom stereocenters. The van der Waals surface area contributed by atoms with Crippen LogP contribution in [0.4, 0.5) is 0 Å². The van der Waals surface area contributed by atoms with Gasteiger partial charge in [-0.3, -0.25) is 0 Å². The standard InChI is InChI=1S/C17H12Cl2N2O3S/c18-11-4-3-5-12(19)10(11)9-25-17-21-20-16(24-17)15-8-22-13-6-1-2-7-14(13)23-15/h1-7,15H,8-9H2/t15-/m0/s1. The number of hydrogen-bond donors (Lipinski definition) is 0. The van der Waals surface area contributed by atoms with Crippen LogP contribution in [0.15, 0.2) is 52.1 Å². The van der Waals surface area contributed by atoms with E-state index in [1.165, 1.54) is 11.8 Å². The first-order valence-electron chi connectivity index (χ1n) is 7.48. The Bertz CT molecular complexity index is 883. The van der Waals surface area contributed by atoms with Gasteiger partial charge >= 0.3 is 0 Å². The summed E-state index contributed by atoms with van der Waals surface area (Å²) in [6.45, 7) is 0.319. The van der Waals surface area contributed by atoms with Gasteiger partial charge in [0.05, 0.1) is 0 Å². The molecule has 5 nitrogen and oxygen atoms in total. The number of rotatable bonds is 4. The van der Waals surface area contributed by atoms with Gasteiger partial charge in [-0.05, 0) is 29.8 Å². The van der Waals surface area contributed by atoms with E-state index in [0.29, 0.717) is 45.0 Å². The molecule has 3 aromatic rings. The quantitative estimate of drug-likeness (QED) is 0.568. The smallest absolute Gasteiger partial charge is 0.277 e. The van der Waals surface area contributed by atoms with Gasteiger partial charge in [-0.2, -0.15) is 0 Å². The zero-order valence-electron chi connectivity index (χ0n) is 12.8. The van der Waals surface area contributed by atoms with E-state index < -0.39 is 6.10 Å². The molecule has 8 heteroatoms. The summed E-state index contributed by atoms with van der Waals surface area (Å²) in [4.78, 5) is 0. The lowest BCUT2D eigenvalue weighted by molar-refractivity contribution is 0.0686. The highest BCUT2D eigenvalue weighted by atomic mass is 35.5. The Hall–Kier alpha value is -1.89. The molecule has 0 radical (unpaired) electrons. The average Bonchev–Trinajstić information content (AvgIpc) is 3.10. The van der Waals surface area contributed by atoms with Gasteiger partial charge in [-0.25, -0.2) is 0 Å². The van der Waals surface area contributed by atoms with Gasteiger partial charge in [0.15, 0.2) is 11.5 Å². The van der Waals surface area contributed by atoms with Crippen molar-refractivity contribution >= 4 is 35.0 Å². The number of para-hydroxylation sites is 2. The summed E-state index contributed by atoms with van der Waals surface area (Å²) in [5.41, 5.74) is 0.835. The highest BCUT2D eigenvalue weighted by Gasteiger charge is 2.27. The predicted octanol–water partition coefficient (Wildman–Crippen LogP) is 5.18. The molecule has 0 bridgehead atoms. The first kappa shape index (κ1) is 16.6. The molecular weight excluding hydrogens is 383 g/mol. The lowest BCUT2D eigenvalue weighted by Gasteiger charge is -2.23. The molecule has 1 aliphatic rings. The number of aromatic nitrogens is 2. The largest absolute Gasteiger partial charge is 0.485 e. The van der Waals surface area contributed by atoms with E-state index >= 15 is 0 Å². The predicted molar refractivity (Wildman–Crippen MR) is 95.6 cm³/mol. The Morgan fingerprint density at radius 1 is 1.00 bits per heavy atom. The van der Waals surface area contributed by atoms with Crippen molar-refractivity contribution in [1.82, 2.24) is 10.2 Å². The molecule has 4 rings (SSSR count). The second kappa shape index (κ2) is 7.15. The van der Waals surface area contributed by atoms with Crippen LogP contribution >= 0.6 is 35.0 Å². The molecule has 1 aliphatic heterocycles. The lowest BCUT2D eigenvalue weighted by atomic mass is 10.2. The second-order valence-electron chi connectivity index (χ2n) is 5.26. The third-order valence-electron chi connectivity index (χ3n) is 3.61. The summed E-state index contributed by atoms with van der Waals surface area (Å²) in [7, 11) is 0. The highest BCUT2D eigenvalue weighted by molar-refractivity contribution is 7.98. The number of hydrogen-bond acceptors (Lipinski definition) is 6. The molecule has 2 heterocycles. The van der Waals surface area contributed by atoms with E-state index in [9.17, 15) is 0 Å². The number of halogens is 2. The molecule has 0 fully saturated rings. The van der Waals surface area contributed by atoms with Crippen molar-refractivity contribution in [1.29, 1.82) is 0 Å². The van der Waals surface area contributed by atoms with E-state index in [1.54, 1.807) is 12.1 Å². The molecule has 0 saturated heterocycles. The fourth-order valence-corrected chi connectivity index (χ4v) is 3.87. The van der Waals surface area contributed by atoms with Crippen LogP contribution in [0.25, 0.3) is 0 Å². The molecule has 0 unspecified atom stereocenters. The molecule has 128 valence electrons. The minimum Gasteiger partial charge on any atom is -0.485 e. The third kappa shape index (κ3) is 3.56. The van der Waals surface area contributed by atoms with Crippen LogP contribution in [0.1, 0.15) is 17.6 Å². The topological polar surface area (TPSA) is 57.4 Å². The number of ether oxygens (including phenoxy) is 2. The lowest BCUT2D eigenvalue weighted by Crippen LogP contribution is -2.21. The monoisotopic (exact) mass is 394 g/mol. The molecule has 25 heavy (non-hydrogen) atoms.